The Hall–Kier alpha value is -3.18. The van der Waals surface area contributed by atoms with E-state index in [1.165, 1.54) is 16.9 Å². The van der Waals surface area contributed by atoms with Gasteiger partial charge in [-0.15, -0.1) is 11.3 Å². The van der Waals surface area contributed by atoms with Crippen LogP contribution >= 0.6 is 11.3 Å². The summed E-state index contributed by atoms with van der Waals surface area (Å²) in [4.78, 5) is 18.9. The summed E-state index contributed by atoms with van der Waals surface area (Å²) < 4.78 is 1.01. The van der Waals surface area contributed by atoms with Crippen molar-refractivity contribution in [3.8, 4) is 10.6 Å². The van der Waals surface area contributed by atoms with Crippen LogP contribution in [0.2, 0.25) is 0 Å². The molecule has 3 heterocycles. The first-order chi connectivity index (χ1) is 18.1. The molecule has 1 aromatic carbocycles. The number of hydrogen-bond donors (Lipinski definition) is 5. The summed E-state index contributed by atoms with van der Waals surface area (Å²) in [5.41, 5.74) is 3.97. The van der Waals surface area contributed by atoms with Crippen molar-refractivity contribution in [3.05, 3.63) is 59.0 Å². The van der Waals surface area contributed by atoms with E-state index in [4.69, 9.17) is 15.0 Å². The highest BCUT2D eigenvalue weighted by Gasteiger charge is 2.50. The van der Waals surface area contributed by atoms with E-state index < -0.39 is 23.7 Å². The summed E-state index contributed by atoms with van der Waals surface area (Å²) in [6.07, 6.45) is 1.10. The molecule has 4 aromatic rings. The Bertz CT molecular complexity index is 1460. The largest absolute Gasteiger partial charge is 0.396 e. The van der Waals surface area contributed by atoms with Crippen LogP contribution in [0.3, 0.4) is 0 Å². The van der Waals surface area contributed by atoms with Gasteiger partial charge in [-0.2, -0.15) is 4.98 Å². The average molecular weight is 535 g/mol. The number of rotatable bonds is 7. The van der Waals surface area contributed by atoms with Crippen LogP contribution in [0.15, 0.2) is 36.5 Å². The SMILES string of the molecule is Cc1ccc([C@@H](C)Nc2nc(C)c(-c3nc4c(C)nccc4s3)c(N[C@@H]3C[C@H](CO)[C@@H](O)[C@@]3(C)O)n2)cc1. The number of fused-ring (bicyclic) bond motifs is 1. The van der Waals surface area contributed by atoms with Gasteiger partial charge in [0.2, 0.25) is 5.95 Å². The molecule has 0 unspecified atom stereocenters. The molecule has 10 heteroatoms. The summed E-state index contributed by atoms with van der Waals surface area (Å²) in [6.45, 7) is 9.33. The number of aliphatic hydroxyl groups is 3. The summed E-state index contributed by atoms with van der Waals surface area (Å²) in [7, 11) is 0. The molecular formula is C28H34N6O3S. The molecular weight excluding hydrogens is 500 g/mol. The monoisotopic (exact) mass is 534 g/mol. The van der Waals surface area contributed by atoms with Crippen molar-refractivity contribution in [2.45, 2.75) is 64.8 Å². The van der Waals surface area contributed by atoms with Gasteiger partial charge in [-0.25, -0.2) is 9.97 Å². The molecule has 5 atom stereocenters. The summed E-state index contributed by atoms with van der Waals surface area (Å²) in [6, 6.07) is 9.67. The van der Waals surface area contributed by atoms with Crippen LogP contribution < -0.4 is 10.6 Å². The minimum atomic E-state index is -1.46. The van der Waals surface area contributed by atoms with Gasteiger partial charge in [0.15, 0.2) is 0 Å². The number of aliphatic hydroxyl groups excluding tert-OH is 2. The zero-order valence-electron chi connectivity index (χ0n) is 22.2. The molecule has 5 rings (SSSR count). The number of thiazole rings is 1. The van der Waals surface area contributed by atoms with Crippen molar-refractivity contribution < 1.29 is 15.3 Å². The van der Waals surface area contributed by atoms with E-state index in [2.05, 4.69) is 53.7 Å². The number of pyridine rings is 1. The Morgan fingerprint density at radius 1 is 1.08 bits per heavy atom. The zero-order valence-corrected chi connectivity index (χ0v) is 23.0. The third-order valence-electron chi connectivity index (χ3n) is 7.55. The molecule has 200 valence electrons. The molecule has 5 N–H and O–H groups in total. The lowest BCUT2D eigenvalue weighted by molar-refractivity contribution is -0.0647. The van der Waals surface area contributed by atoms with Crippen LogP contribution in [0.5, 0.6) is 0 Å². The fraction of sp³-hybridized carbons (Fsp3) is 0.429. The first-order valence-corrected chi connectivity index (χ1v) is 13.6. The van der Waals surface area contributed by atoms with Crippen LogP contribution in [-0.2, 0) is 0 Å². The second-order valence-corrected chi connectivity index (χ2v) is 11.5. The van der Waals surface area contributed by atoms with Gasteiger partial charge in [0.05, 0.1) is 39.8 Å². The molecule has 38 heavy (non-hydrogen) atoms. The van der Waals surface area contributed by atoms with Gasteiger partial charge in [0.25, 0.3) is 0 Å². The summed E-state index contributed by atoms with van der Waals surface area (Å²) >= 11 is 1.53. The predicted octanol–water partition coefficient (Wildman–Crippen LogP) is 4.15. The highest BCUT2D eigenvalue weighted by Crippen LogP contribution is 2.41. The third-order valence-corrected chi connectivity index (χ3v) is 8.59. The molecule has 1 fully saturated rings. The Morgan fingerprint density at radius 3 is 2.47 bits per heavy atom. The van der Waals surface area contributed by atoms with Gasteiger partial charge in [-0.05, 0) is 52.7 Å². The first-order valence-electron chi connectivity index (χ1n) is 12.8. The molecule has 0 bridgehead atoms. The van der Waals surface area contributed by atoms with Crippen molar-refractivity contribution in [2.24, 2.45) is 5.92 Å². The van der Waals surface area contributed by atoms with Gasteiger partial charge >= 0.3 is 0 Å². The standard InChI is InChI=1S/C28H34N6O3S/c1-14-6-8-18(9-7-14)15(2)30-27-31-16(3)22(26-33-23-17(4)29-11-10-20(23)38-26)25(34-27)32-21-12-19(13-35)24(36)28(21,5)37/h6-11,15,19,21,24,35-37H,12-13H2,1-5H3,(H2,30,31,32,34)/t15-,19-,21-,24-,28+/m1/s1. The van der Waals surface area contributed by atoms with Gasteiger partial charge in [0.1, 0.15) is 21.9 Å². The van der Waals surface area contributed by atoms with Crippen LogP contribution in [0.25, 0.3) is 20.8 Å². The molecule has 0 aliphatic heterocycles. The minimum Gasteiger partial charge on any atom is -0.396 e. The van der Waals surface area contributed by atoms with Gasteiger partial charge in [-0.1, -0.05) is 29.8 Å². The first kappa shape index (κ1) is 26.4. The second kappa shape index (κ2) is 10.2. The van der Waals surface area contributed by atoms with Gasteiger partial charge in [0, 0.05) is 18.7 Å². The van der Waals surface area contributed by atoms with Crippen molar-refractivity contribution >= 4 is 33.3 Å². The predicted molar refractivity (Wildman–Crippen MR) is 150 cm³/mol. The zero-order chi connectivity index (χ0) is 27.2. The third kappa shape index (κ3) is 4.84. The van der Waals surface area contributed by atoms with Crippen LogP contribution in [0, 0.1) is 26.7 Å². The van der Waals surface area contributed by atoms with Crippen molar-refractivity contribution in [1.82, 2.24) is 19.9 Å². The van der Waals surface area contributed by atoms with Gasteiger partial charge in [-0.3, -0.25) is 4.98 Å². The van der Waals surface area contributed by atoms with E-state index in [0.717, 1.165) is 37.7 Å². The molecule has 0 radical (unpaired) electrons. The average Bonchev–Trinajstić information content (AvgIpc) is 3.39. The van der Waals surface area contributed by atoms with Gasteiger partial charge < -0.3 is 26.0 Å². The van der Waals surface area contributed by atoms with Crippen molar-refractivity contribution in [3.63, 3.8) is 0 Å². The quantitative estimate of drug-likeness (QED) is 0.237. The Balaban J connectivity index is 1.57. The maximum atomic E-state index is 11.1. The number of aryl methyl sites for hydroxylation is 3. The van der Waals surface area contributed by atoms with Crippen LogP contribution in [0.1, 0.15) is 48.8 Å². The van der Waals surface area contributed by atoms with Crippen molar-refractivity contribution in [1.29, 1.82) is 0 Å². The summed E-state index contributed by atoms with van der Waals surface area (Å²) in [5, 5.41) is 39.1. The Labute approximate surface area is 226 Å². The normalized spacial score (nSPS) is 24.1. The highest BCUT2D eigenvalue weighted by molar-refractivity contribution is 7.21. The second-order valence-electron chi connectivity index (χ2n) is 10.4. The minimum absolute atomic E-state index is 0.0416. The lowest BCUT2D eigenvalue weighted by Gasteiger charge is -2.30. The lowest BCUT2D eigenvalue weighted by Crippen LogP contribution is -2.48. The maximum absolute atomic E-state index is 11.1. The number of benzene rings is 1. The molecule has 1 aliphatic rings. The number of nitrogens with zero attached hydrogens (tertiary/aromatic N) is 4. The molecule has 0 spiro atoms. The molecule has 0 saturated heterocycles. The van der Waals surface area contributed by atoms with E-state index in [-0.39, 0.29) is 12.6 Å². The molecule has 9 nitrogen and oxygen atoms in total. The van der Waals surface area contributed by atoms with Crippen LogP contribution in [0.4, 0.5) is 11.8 Å². The molecule has 3 aromatic heterocycles. The number of hydrogen-bond acceptors (Lipinski definition) is 10. The fourth-order valence-electron chi connectivity index (χ4n) is 5.12. The number of anilines is 2. The topological polar surface area (TPSA) is 136 Å². The summed E-state index contributed by atoms with van der Waals surface area (Å²) in [5.74, 6) is 0.513. The van der Waals surface area contributed by atoms with Crippen molar-refractivity contribution in [2.75, 3.05) is 17.2 Å². The molecule has 1 saturated carbocycles. The molecule has 1 aliphatic carbocycles. The number of aromatic nitrogens is 4. The number of nitrogens with one attached hydrogen (secondary N) is 2. The van der Waals surface area contributed by atoms with E-state index in [0.29, 0.717) is 18.2 Å². The van der Waals surface area contributed by atoms with E-state index in [1.807, 2.05) is 19.9 Å². The van der Waals surface area contributed by atoms with E-state index >= 15 is 0 Å². The smallest absolute Gasteiger partial charge is 0.225 e. The maximum Gasteiger partial charge on any atom is 0.225 e. The Morgan fingerprint density at radius 2 is 1.82 bits per heavy atom. The molecule has 0 amide bonds. The van der Waals surface area contributed by atoms with E-state index in [9.17, 15) is 15.3 Å². The highest BCUT2D eigenvalue weighted by atomic mass is 32.1. The lowest BCUT2D eigenvalue weighted by atomic mass is 9.96. The van der Waals surface area contributed by atoms with Crippen LogP contribution in [-0.4, -0.2) is 59.6 Å². The Kier molecular flexibility index (Phi) is 7.08. The fourth-order valence-corrected chi connectivity index (χ4v) is 6.23. The van der Waals surface area contributed by atoms with E-state index in [1.54, 1.807) is 13.1 Å².